The summed E-state index contributed by atoms with van der Waals surface area (Å²) in [7, 11) is 1.66. The van der Waals surface area contributed by atoms with Gasteiger partial charge in [-0.1, -0.05) is 24.3 Å². The Morgan fingerprint density at radius 2 is 2.12 bits per heavy atom. The number of amides is 1. The standard InChI is InChI=1S/C20H30N2O3/c1-4-11-22(16-18-7-5-6-8-19(18)24-3)20(23)10-9-17(2)21-12-14-25-15-13-21/h4-8,17H,1,9-16H2,2-3H3. The molecule has 25 heavy (non-hydrogen) atoms. The third kappa shape index (κ3) is 5.87. The third-order valence-electron chi connectivity index (χ3n) is 4.70. The van der Waals surface area contributed by atoms with E-state index in [1.165, 1.54) is 0 Å². The first kappa shape index (κ1) is 19.5. The number of nitrogens with zero attached hydrogens (tertiary/aromatic N) is 2. The molecule has 0 spiro atoms. The lowest BCUT2D eigenvalue weighted by atomic mass is 10.1. The lowest BCUT2D eigenvalue weighted by Crippen LogP contribution is -2.42. The molecule has 1 amide bonds. The molecule has 1 aromatic carbocycles. The fourth-order valence-electron chi connectivity index (χ4n) is 3.14. The van der Waals surface area contributed by atoms with Gasteiger partial charge in [0.2, 0.25) is 5.91 Å². The fourth-order valence-corrected chi connectivity index (χ4v) is 3.14. The van der Waals surface area contributed by atoms with Gasteiger partial charge in [0.05, 0.1) is 20.3 Å². The molecule has 1 saturated heterocycles. The number of methoxy groups -OCH3 is 1. The second kappa shape index (κ2) is 10.2. The monoisotopic (exact) mass is 346 g/mol. The first-order chi connectivity index (χ1) is 12.2. The second-order valence-electron chi connectivity index (χ2n) is 6.41. The fraction of sp³-hybridized carbons (Fsp3) is 0.550. The van der Waals surface area contributed by atoms with E-state index >= 15 is 0 Å². The second-order valence-corrected chi connectivity index (χ2v) is 6.41. The minimum absolute atomic E-state index is 0.158. The van der Waals surface area contributed by atoms with Gasteiger partial charge in [0, 0.05) is 44.2 Å². The number of morpholine rings is 1. The van der Waals surface area contributed by atoms with Crippen LogP contribution in [0.2, 0.25) is 0 Å². The van der Waals surface area contributed by atoms with E-state index < -0.39 is 0 Å². The molecule has 1 aliphatic heterocycles. The maximum Gasteiger partial charge on any atom is 0.223 e. The van der Waals surface area contributed by atoms with Crippen LogP contribution in [0.5, 0.6) is 5.75 Å². The Morgan fingerprint density at radius 1 is 1.40 bits per heavy atom. The molecule has 1 unspecified atom stereocenters. The molecule has 1 fully saturated rings. The topological polar surface area (TPSA) is 42.0 Å². The van der Waals surface area contributed by atoms with Crippen molar-refractivity contribution in [2.24, 2.45) is 0 Å². The minimum atomic E-state index is 0.158. The van der Waals surface area contributed by atoms with Crippen molar-refractivity contribution in [1.82, 2.24) is 9.80 Å². The zero-order chi connectivity index (χ0) is 18.1. The van der Waals surface area contributed by atoms with Crippen molar-refractivity contribution in [1.29, 1.82) is 0 Å². The van der Waals surface area contributed by atoms with Crippen LogP contribution in [0.3, 0.4) is 0 Å². The van der Waals surface area contributed by atoms with Gasteiger partial charge >= 0.3 is 0 Å². The van der Waals surface area contributed by atoms with Gasteiger partial charge in [-0.25, -0.2) is 0 Å². The van der Waals surface area contributed by atoms with Crippen molar-refractivity contribution in [2.45, 2.75) is 32.4 Å². The normalized spacial score (nSPS) is 16.2. The molecule has 1 heterocycles. The maximum absolute atomic E-state index is 12.7. The van der Waals surface area contributed by atoms with E-state index in [0.717, 1.165) is 44.0 Å². The van der Waals surface area contributed by atoms with Gasteiger partial charge in [-0.3, -0.25) is 9.69 Å². The molecule has 5 heteroatoms. The van der Waals surface area contributed by atoms with E-state index in [1.807, 2.05) is 29.2 Å². The highest BCUT2D eigenvalue weighted by Gasteiger charge is 2.20. The molecule has 0 aliphatic carbocycles. The van der Waals surface area contributed by atoms with E-state index in [2.05, 4.69) is 18.4 Å². The van der Waals surface area contributed by atoms with Crippen molar-refractivity contribution in [3.8, 4) is 5.75 Å². The predicted octanol–water partition coefficient (Wildman–Crippen LogP) is 2.71. The van der Waals surface area contributed by atoms with Gasteiger partial charge in [-0.05, 0) is 19.4 Å². The van der Waals surface area contributed by atoms with Crippen LogP contribution >= 0.6 is 0 Å². The first-order valence-corrected chi connectivity index (χ1v) is 8.98. The molecule has 0 radical (unpaired) electrons. The predicted molar refractivity (Wildman–Crippen MR) is 99.7 cm³/mol. The Labute approximate surface area is 151 Å². The van der Waals surface area contributed by atoms with Gasteiger partial charge in [0.25, 0.3) is 0 Å². The van der Waals surface area contributed by atoms with Crippen molar-refractivity contribution in [3.05, 3.63) is 42.5 Å². The summed E-state index contributed by atoms with van der Waals surface area (Å²) in [5.74, 6) is 0.969. The first-order valence-electron chi connectivity index (χ1n) is 8.98. The summed E-state index contributed by atoms with van der Waals surface area (Å²) in [6, 6.07) is 8.22. The molecule has 1 aromatic rings. The number of benzene rings is 1. The van der Waals surface area contributed by atoms with Crippen LogP contribution in [0.15, 0.2) is 36.9 Å². The molecule has 0 bridgehead atoms. The SMILES string of the molecule is C=CCN(Cc1ccccc1OC)C(=O)CCC(C)N1CCOCC1. The number of hydrogen-bond acceptors (Lipinski definition) is 4. The molecular weight excluding hydrogens is 316 g/mol. The summed E-state index contributed by atoms with van der Waals surface area (Å²) in [6.45, 7) is 10.5. The number of rotatable bonds is 9. The Hall–Kier alpha value is -1.85. The van der Waals surface area contributed by atoms with Crippen molar-refractivity contribution in [3.63, 3.8) is 0 Å². The minimum Gasteiger partial charge on any atom is -0.496 e. The molecule has 0 saturated carbocycles. The number of para-hydroxylation sites is 1. The highest BCUT2D eigenvalue weighted by molar-refractivity contribution is 5.76. The quantitative estimate of drug-likeness (QED) is 0.645. The molecule has 138 valence electrons. The van der Waals surface area contributed by atoms with E-state index in [0.29, 0.717) is 25.6 Å². The molecule has 1 aliphatic rings. The number of ether oxygens (including phenoxy) is 2. The molecule has 5 nitrogen and oxygen atoms in total. The Kier molecular flexibility index (Phi) is 7.95. The van der Waals surface area contributed by atoms with Gasteiger partial charge in [-0.15, -0.1) is 6.58 Å². The Morgan fingerprint density at radius 3 is 2.80 bits per heavy atom. The average Bonchev–Trinajstić information content (AvgIpc) is 2.66. The molecule has 0 N–H and O–H groups in total. The number of hydrogen-bond donors (Lipinski definition) is 0. The van der Waals surface area contributed by atoms with Crippen LogP contribution in [-0.4, -0.2) is 61.7 Å². The lowest BCUT2D eigenvalue weighted by Gasteiger charge is -2.32. The van der Waals surface area contributed by atoms with E-state index in [1.54, 1.807) is 13.2 Å². The van der Waals surface area contributed by atoms with E-state index in [4.69, 9.17) is 9.47 Å². The molecule has 0 aromatic heterocycles. The van der Waals surface area contributed by atoms with Crippen LogP contribution in [0.4, 0.5) is 0 Å². The third-order valence-corrected chi connectivity index (χ3v) is 4.70. The van der Waals surface area contributed by atoms with Gasteiger partial charge < -0.3 is 14.4 Å². The molecular formula is C20H30N2O3. The van der Waals surface area contributed by atoms with E-state index in [9.17, 15) is 4.79 Å². The van der Waals surface area contributed by atoms with Crippen molar-refractivity contribution >= 4 is 5.91 Å². The van der Waals surface area contributed by atoms with Crippen LogP contribution in [0, 0.1) is 0 Å². The van der Waals surface area contributed by atoms with Crippen LogP contribution < -0.4 is 4.74 Å². The van der Waals surface area contributed by atoms with Crippen molar-refractivity contribution < 1.29 is 14.3 Å². The summed E-state index contributed by atoms with van der Waals surface area (Å²) in [6.07, 6.45) is 3.18. The van der Waals surface area contributed by atoms with Crippen LogP contribution in [-0.2, 0) is 16.1 Å². The highest BCUT2D eigenvalue weighted by Crippen LogP contribution is 2.20. The summed E-state index contributed by atoms with van der Waals surface area (Å²) >= 11 is 0. The summed E-state index contributed by atoms with van der Waals surface area (Å²) in [5.41, 5.74) is 1.02. The van der Waals surface area contributed by atoms with Crippen LogP contribution in [0.25, 0.3) is 0 Å². The van der Waals surface area contributed by atoms with Gasteiger partial charge in [-0.2, -0.15) is 0 Å². The maximum atomic E-state index is 12.7. The zero-order valence-electron chi connectivity index (χ0n) is 15.4. The summed E-state index contributed by atoms with van der Waals surface area (Å²) < 4.78 is 10.8. The van der Waals surface area contributed by atoms with E-state index in [-0.39, 0.29) is 5.91 Å². The van der Waals surface area contributed by atoms with Gasteiger partial charge in [0.1, 0.15) is 5.75 Å². The number of carbonyl (C=O) groups is 1. The highest BCUT2D eigenvalue weighted by atomic mass is 16.5. The van der Waals surface area contributed by atoms with Crippen molar-refractivity contribution in [2.75, 3.05) is 40.0 Å². The lowest BCUT2D eigenvalue weighted by molar-refractivity contribution is -0.131. The smallest absolute Gasteiger partial charge is 0.223 e. The molecule has 2 rings (SSSR count). The summed E-state index contributed by atoms with van der Waals surface area (Å²) in [5, 5.41) is 0. The zero-order valence-corrected chi connectivity index (χ0v) is 15.4. The Balaban J connectivity index is 1.91. The molecule has 1 atom stereocenters. The largest absolute Gasteiger partial charge is 0.496 e. The number of carbonyl (C=O) groups excluding carboxylic acids is 1. The average molecular weight is 346 g/mol. The van der Waals surface area contributed by atoms with Gasteiger partial charge in [0.15, 0.2) is 0 Å². The summed E-state index contributed by atoms with van der Waals surface area (Å²) in [4.78, 5) is 17.0. The Bertz CT molecular complexity index is 556. The van der Waals surface area contributed by atoms with Crippen LogP contribution in [0.1, 0.15) is 25.3 Å².